The molecule has 0 aromatic carbocycles. The number of allylic oxidation sites excluding steroid dienone is 7. The van der Waals surface area contributed by atoms with E-state index in [0.717, 1.165) is 83.5 Å². The van der Waals surface area contributed by atoms with Crippen LogP contribution in [-0.4, -0.2) is 69.4 Å². The molecule has 0 aliphatic rings. The number of hydrogen-bond donors (Lipinski definition) is 1. The van der Waals surface area contributed by atoms with Crippen LogP contribution in [-0.2, 0) is 27.9 Å². The number of nitrogens with zero attached hydrogens (tertiary/aromatic N) is 1. The molecule has 69 heavy (non-hydrogen) atoms. The van der Waals surface area contributed by atoms with Crippen molar-refractivity contribution in [3.05, 3.63) is 48.6 Å². The molecule has 0 saturated carbocycles. The molecular weight excluding hydrogens is 880 g/mol. The zero-order chi connectivity index (χ0) is 50.8. The van der Waals surface area contributed by atoms with Gasteiger partial charge in [0.15, 0.2) is 0 Å². The molecule has 1 amide bonds. The average molecular weight is 992 g/mol. The van der Waals surface area contributed by atoms with Crippen molar-refractivity contribution in [3.8, 4) is 0 Å². The number of carbonyl (C=O) groups excluding carboxylic acids is 2. The fourth-order valence-corrected chi connectivity index (χ4v) is 8.92. The van der Waals surface area contributed by atoms with Gasteiger partial charge < -0.3 is 28.5 Å². The Balaban J connectivity index is 5.38. The third-order valence-electron chi connectivity index (χ3n) is 12.7. The van der Waals surface area contributed by atoms with Crippen LogP contribution in [0.2, 0.25) is 0 Å². The molecule has 0 aliphatic carbocycles. The van der Waals surface area contributed by atoms with Gasteiger partial charge in [-0.3, -0.25) is 14.2 Å². The highest BCUT2D eigenvalue weighted by molar-refractivity contribution is 7.45. The quantitative estimate of drug-likeness (QED) is 0.0212. The Hall–Kier alpha value is -2.03. The number of phosphoric ester groups is 1. The summed E-state index contributed by atoms with van der Waals surface area (Å²) in [6.45, 7) is 6.80. The second-order valence-corrected chi connectivity index (χ2v) is 22.2. The maximum atomic E-state index is 13.5. The lowest BCUT2D eigenvalue weighted by atomic mass is 10.0. The monoisotopic (exact) mass is 991 g/mol. The Kier molecular flexibility index (Phi) is 48.1. The van der Waals surface area contributed by atoms with E-state index in [2.05, 4.69) is 62.5 Å². The van der Waals surface area contributed by atoms with Crippen LogP contribution in [0.5, 0.6) is 0 Å². The first-order chi connectivity index (χ1) is 33.4. The average Bonchev–Trinajstić information content (AvgIpc) is 3.31. The fraction of sp³-hybridized carbons (Fsp3) is 0.831. The first-order valence-corrected chi connectivity index (χ1v) is 30.4. The van der Waals surface area contributed by atoms with Gasteiger partial charge in [-0.2, -0.15) is 0 Å². The topological polar surface area (TPSA) is 114 Å². The number of nitrogens with one attached hydrogen (secondary N) is 1. The van der Waals surface area contributed by atoms with Crippen molar-refractivity contribution >= 4 is 19.7 Å². The summed E-state index contributed by atoms with van der Waals surface area (Å²) in [7, 11) is 1.17. The van der Waals surface area contributed by atoms with Crippen LogP contribution in [0.4, 0.5) is 0 Å². The van der Waals surface area contributed by atoms with Crippen molar-refractivity contribution in [2.24, 2.45) is 0 Å². The van der Waals surface area contributed by atoms with E-state index in [-0.39, 0.29) is 24.9 Å². The molecule has 10 heteroatoms. The van der Waals surface area contributed by atoms with Gasteiger partial charge in [-0.05, 0) is 89.5 Å². The summed E-state index contributed by atoms with van der Waals surface area (Å²) in [4.78, 5) is 39.8. The van der Waals surface area contributed by atoms with Crippen LogP contribution in [0.1, 0.15) is 265 Å². The van der Waals surface area contributed by atoms with Gasteiger partial charge >= 0.3 is 5.97 Å². The second kappa shape index (κ2) is 49.5. The summed E-state index contributed by atoms with van der Waals surface area (Å²) in [5.41, 5.74) is 0. The lowest BCUT2D eigenvalue weighted by Gasteiger charge is -2.30. The van der Waals surface area contributed by atoms with Crippen LogP contribution in [0.15, 0.2) is 48.6 Å². The first kappa shape index (κ1) is 67.0. The Bertz CT molecular complexity index is 1330. The van der Waals surface area contributed by atoms with Crippen molar-refractivity contribution in [1.29, 1.82) is 0 Å². The predicted octanol–water partition coefficient (Wildman–Crippen LogP) is 16.7. The van der Waals surface area contributed by atoms with Gasteiger partial charge in [-0.1, -0.05) is 211 Å². The highest BCUT2D eigenvalue weighted by Crippen LogP contribution is 2.38. The van der Waals surface area contributed by atoms with E-state index >= 15 is 0 Å². The standard InChI is InChI=1S/C59H111N2O7P/c1-7-10-13-16-19-22-25-28-29-30-31-34-36-39-42-45-48-51-58(62)60-56(55-67-69(64,65)66-54-53-61(4,5)6)57(50-47-44-41-38-35-32-26-23-20-17-14-11-8-2)68-59(63)52-49-46-43-40-37-33-27-24-21-18-15-12-9-3/h19,22,28-29,33,37,47,50,56-57H,7-18,20-21,23-27,30-32,34-36,38-46,48-49,51-55H2,1-6H3,(H-,60,62,64,65)/b22-19-,29-28-,37-33-,50-47-. The molecule has 0 aliphatic heterocycles. The summed E-state index contributed by atoms with van der Waals surface area (Å²) in [6.07, 6.45) is 59.2. The molecule has 0 aromatic heterocycles. The summed E-state index contributed by atoms with van der Waals surface area (Å²) < 4.78 is 30.2. The molecule has 0 spiro atoms. The zero-order valence-corrected chi connectivity index (χ0v) is 46.9. The van der Waals surface area contributed by atoms with Gasteiger partial charge in [0.1, 0.15) is 19.3 Å². The van der Waals surface area contributed by atoms with Crippen molar-refractivity contribution in [2.45, 2.75) is 277 Å². The van der Waals surface area contributed by atoms with Crippen LogP contribution in [0, 0.1) is 0 Å². The lowest BCUT2D eigenvalue weighted by Crippen LogP contribution is -2.47. The third-order valence-corrected chi connectivity index (χ3v) is 13.7. The van der Waals surface area contributed by atoms with Crippen LogP contribution >= 0.6 is 7.82 Å². The molecule has 3 unspecified atom stereocenters. The molecule has 0 heterocycles. The minimum atomic E-state index is -4.70. The van der Waals surface area contributed by atoms with E-state index in [4.69, 9.17) is 13.8 Å². The maximum absolute atomic E-state index is 13.5. The van der Waals surface area contributed by atoms with Crippen LogP contribution < -0.4 is 10.2 Å². The summed E-state index contributed by atoms with van der Waals surface area (Å²) in [5.74, 6) is -0.565. The first-order valence-electron chi connectivity index (χ1n) is 28.9. The summed E-state index contributed by atoms with van der Waals surface area (Å²) in [5, 5.41) is 3.01. The number of unbranched alkanes of at least 4 members (excludes halogenated alkanes) is 30. The number of carbonyl (C=O) groups is 2. The van der Waals surface area contributed by atoms with Gasteiger partial charge in [0.2, 0.25) is 5.91 Å². The summed E-state index contributed by atoms with van der Waals surface area (Å²) >= 11 is 0. The SMILES string of the molecule is CCCCC/C=C\C/C=C\CCCCCCCCCC(=O)NC(COP(=O)([O-])OCC[N+](C)(C)C)C(/C=C\CCCCCCCCCCCCC)OC(=O)CCCCC/C=C\CCCCCCCC. The Morgan fingerprint density at radius 3 is 1.36 bits per heavy atom. The maximum Gasteiger partial charge on any atom is 0.306 e. The number of ether oxygens (including phenoxy) is 1. The number of phosphoric acid groups is 1. The number of esters is 1. The molecule has 1 N–H and O–H groups in total. The van der Waals surface area contributed by atoms with Crippen LogP contribution in [0.3, 0.4) is 0 Å². The Labute approximate surface area is 427 Å². The third kappa shape index (κ3) is 50.7. The van der Waals surface area contributed by atoms with E-state index < -0.39 is 26.6 Å². The van der Waals surface area contributed by atoms with Gasteiger partial charge in [0.25, 0.3) is 7.82 Å². The number of likely N-dealkylation sites (N-methyl/N-ethyl adjacent to an activating group) is 1. The minimum absolute atomic E-state index is 0.0261. The molecule has 0 bridgehead atoms. The van der Waals surface area contributed by atoms with Crippen molar-refractivity contribution < 1.29 is 37.3 Å². The Morgan fingerprint density at radius 2 is 0.884 bits per heavy atom. The molecule has 0 radical (unpaired) electrons. The Morgan fingerprint density at radius 1 is 0.507 bits per heavy atom. The van der Waals surface area contributed by atoms with Crippen molar-refractivity contribution in [3.63, 3.8) is 0 Å². The van der Waals surface area contributed by atoms with Crippen LogP contribution in [0.25, 0.3) is 0 Å². The number of quaternary nitrogens is 1. The highest BCUT2D eigenvalue weighted by atomic mass is 31.2. The van der Waals surface area contributed by atoms with Gasteiger partial charge in [0, 0.05) is 12.8 Å². The molecule has 0 fully saturated rings. The second-order valence-electron chi connectivity index (χ2n) is 20.8. The minimum Gasteiger partial charge on any atom is -0.756 e. The molecule has 404 valence electrons. The molecule has 0 aromatic rings. The normalized spacial score (nSPS) is 14.1. The molecule has 9 nitrogen and oxygen atoms in total. The van der Waals surface area contributed by atoms with Crippen molar-refractivity contribution in [2.75, 3.05) is 40.9 Å². The van der Waals surface area contributed by atoms with E-state index in [1.165, 1.54) is 141 Å². The summed E-state index contributed by atoms with van der Waals surface area (Å²) in [6, 6.07) is -0.896. The number of amides is 1. The largest absolute Gasteiger partial charge is 0.756 e. The van der Waals surface area contributed by atoms with E-state index in [1.807, 2.05) is 33.3 Å². The van der Waals surface area contributed by atoms with Gasteiger partial charge in [-0.25, -0.2) is 0 Å². The van der Waals surface area contributed by atoms with Gasteiger partial charge in [0.05, 0.1) is 33.8 Å². The molecule has 0 saturated heterocycles. The van der Waals surface area contributed by atoms with E-state index in [9.17, 15) is 19.0 Å². The molecular formula is C59H111N2O7P. The fourth-order valence-electron chi connectivity index (χ4n) is 8.19. The number of rotatable bonds is 52. The predicted molar refractivity (Wildman–Crippen MR) is 293 cm³/mol. The van der Waals surface area contributed by atoms with E-state index in [1.54, 1.807) is 0 Å². The highest BCUT2D eigenvalue weighted by Gasteiger charge is 2.27. The molecule has 0 rings (SSSR count). The smallest absolute Gasteiger partial charge is 0.306 e. The zero-order valence-electron chi connectivity index (χ0n) is 46.0. The lowest BCUT2D eigenvalue weighted by molar-refractivity contribution is -0.870. The number of hydrogen-bond acceptors (Lipinski definition) is 7. The van der Waals surface area contributed by atoms with E-state index in [0.29, 0.717) is 23.9 Å². The van der Waals surface area contributed by atoms with Crippen molar-refractivity contribution in [1.82, 2.24) is 5.32 Å². The van der Waals surface area contributed by atoms with Gasteiger partial charge in [-0.15, -0.1) is 0 Å². The molecule has 3 atom stereocenters.